The number of furan rings is 1. The first-order valence-corrected chi connectivity index (χ1v) is 14.1. The van der Waals surface area contributed by atoms with Gasteiger partial charge in [-0.2, -0.15) is 9.78 Å². The zero-order valence-corrected chi connectivity index (χ0v) is 24.2. The second kappa shape index (κ2) is 10.7. The quantitative estimate of drug-likeness (QED) is 0.188. The van der Waals surface area contributed by atoms with E-state index in [4.69, 9.17) is 21.0 Å². The summed E-state index contributed by atoms with van der Waals surface area (Å²) < 4.78 is 9.60. The van der Waals surface area contributed by atoms with Crippen LogP contribution in [0.25, 0.3) is 39.1 Å². The molecular weight excluding hydrogens is 534 g/mol. The van der Waals surface area contributed by atoms with E-state index in [0.717, 1.165) is 41.1 Å². The van der Waals surface area contributed by atoms with Gasteiger partial charge in [-0.3, -0.25) is 4.79 Å². The van der Waals surface area contributed by atoms with Crippen molar-refractivity contribution in [2.24, 2.45) is 5.10 Å². The Kier molecular flexibility index (Phi) is 6.97. The van der Waals surface area contributed by atoms with Crippen molar-refractivity contribution in [2.45, 2.75) is 27.7 Å². The first kappa shape index (κ1) is 26.6. The minimum absolute atomic E-state index is 0.277. The molecule has 3 aromatic heterocycles. The molecule has 0 aliphatic heterocycles. The van der Waals surface area contributed by atoms with E-state index >= 15 is 0 Å². The van der Waals surface area contributed by atoms with Crippen LogP contribution in [0.2, 0.25) is 5.02 Å². The van der Waals surface area contributed by atoms with Crippen LogP contribution < -0.4 is 10.5 Å². The van der Waals surface area contributed by atoms with Gasteiger partial charge in [-0.25, -0.2) is 4.98 Å². The second-order valence-electron chi connectivity index (χ2n) is 9.96. The SMILES string of the molecule is CCN(CC)c1ccc(-n2c(C)cc(C=Nn3c(-c4cc5cc(Cl)ccc5o4)nc4ccccc4c3=O)c2C)cc1. The molecule has 3 aromatic carbocycles. The summed E-state index contributed by atoms with van der Waals surface area (Å²) in [5.74, 6) is 0.749. The lowest BCUT2D eigenvalue weighted by atomic mass is 10.2. The standard InChI is InChI=1S/C33H30ClN5O2/c1-5-37(6-2)26-12-14-27(15-13-26)38-21(3)17-24(22(38)4)20-35-39-32(36-29-10-8-7-9-28(29)33(39)40)31-19-23-18-25(34)11-16-30(23)41-31/h7-20H,5-6H2,1-4H3. The van der Waals surface area contributed by atoms with Gasteiger partial charge < -0.3 is 13.9 Å². The van der Waals surface area contributed by atoms with E-state index in [2.05, 4.69) is 72.6 Å². The van der Waals surface area contributed by atoms with E-state index in [9.17, 15) is 4.79 Å². The highest BCUT2D eigenvalue weighted by Crippen LogP contribution is 2.29. The molecule has 0 bridgehead atoms. The number of para-hydroxylation sites is 1. The van der Waals surface area contributed by atoms with Gasteiger partial charge in [0.15, 0.2) is 5.76 Å². The van der Waals surface area contributed by atoms with Crippen molar-refractivity contribution in [1.29, 1.82) is 0 Å². The molecule has 41 heavy (non-hydrogen) atoms. The van der Waals surface area contributed by atoms with Gasteiger partial charge in [-0.15, -0.1) is 0 Å². The van der Waals surface area contributed by atoms with Crippen molar-refractivity contribution in [3.05, 3.63) is 111 Å². The van der Waals surface area contributed by atoms with Crippen LogP contribution in [0.15, 0.2) is 93.2 Å². The van der Waals surface area contributed by atoms with Crippen molar-refractivity contribution in [3.8, 4) is 17.3 Å². The molecule has 0 aliphatic rings. The zero-order chi connectivity index (χ0) is 28.7. The van der Waals surface area contributed by atoms with E-state index in [1.54, 1.807) is 24.4 Å². The number of rotatable bonds is 7. The third kappa shape index (κ3) is 4.83. The van der Waals surface area contributed by atoms with Crippen LogP contribution in [0.3, 0.4) is 0 Å². The Morgan fingerprint density at radius 3 is 2.49 bits per heavy atom. The van der Waals surface area contributed by atoms with Crippen molar-refractivity contribution >= 4 is 45.4 Å². The molecule has 0 saturated carbocycles. The van der Waals surface area contributed by atoms with Gasteiger partial charge in [0.25, 0.3) is 5.56 Å². The monoisotopic (exact) mass is 563 g/mol. The fourth-order valence-electron chi connectivity index (χ4n) is 5.35. The summed E-state index contributed by atoms with van der Waals surface area (Å²) in [6, 6.07) is 25.1. The molecule has 7 nitrogen and oxygen atoms in total. The third-order valence-electron chi connectivity index (χ3n) is 7.47. The number of aryl methyl sites for hydroxylation is 1. The molecule has 6 aromatic rings. The highest BCUT2D eigenvalue weighted by Gasteiger charge is 2.17. The average Bonchev–Trinajstić information content (AvgIpc) is 3.52. The predicted molar refractivity (Wildman–Crippen MR) is 168 cm³/mol. The molecule has 0 saturated heterocycles. The van der Waals surface area contributed by atoms with Crippen LogP contribution >= 0.6 is 11.6 Å². The van der Waals surface area contributed by atoms with Gasteiger partial charge in [0.2, 0.25) is 5.82 Å². The number of benzene rings is 3. The van der Waals surface area contributed by atoms with Crippen LogP contribution in [-0.2, 0) is 0 Å². The van der Waals surface area contributed by atoms with Gasteiger partial charge in [-0.1, -0.05) is 23.7 Å². The van der Waals surface area contributed by atoms with Gasteiger partial charge in [0, 0.05) is 51.8 Å². The smallest absolute Gasteiger partial charge is 0.282 e. The molecule has 3 heterocycles. The first-order valence-electron chi connectivity index (χ1n) is 13.7. The number of anilines is 1. The lowest BCUT2D eigenvalue weighted by Gasteiger charge is -2.21. The predicted octanol–water partition coefficient (Wildman–Crippen LogP) is 7.60. The Bertz CT molecular complexity index is 1980. The molecule has 0 unspecified atom stereocenters. The Labute approximate surface area is 242 Å². The Balaban J connectivity index is 1.44. The normalized spacial score (nSPS) is 11.7. The number of halogens is 1. The number of hydrogen-bond acceptors (Lipinski definition) is 5. The number of aromatic nitrogens is 3. The van der Waals surface area contributed by atoms with Crippen molar-refractivity contribution in [3.63, 3.8) is 0 Å². The van der Waals surface area contributed by atoms with Crippen molar-refractivity contribution < 1.29 is 4.42 Å². The molecule has 0 atom stereocenters. The minimum atomic E-state index is -0.277. The Hall–Kier alpha value is -4.62. The van der Waals surface area contributed by atoms with Crippen LogP contribution in [0.5, 0.6) is 0 Å². The summed E-state index contributed by atoms with van der Waals surface area (Å²) in [5, 5.41) is 6.57. The first-order chi connectivity index (χ1) is 19.9. The van der Waals surface area contributed by atoms with Gasteiger partial charge in [0.05, 0.1) is 17.1 Å². The van der Waals surface area contributed by atoms with Crippen LogP contribution in [0.4, 0.5) is 5.69 Å². The van der Waals surface area contributed by atoms with E-state index in [-0.39, 0.29) is 5.56 Å². The maximum Gasteiger partial charge on any atom is 0.282 e. The molecule has 0 aliphatic carbocycles. The highest BCUT2D eigenvalue weighted by atomic mass is 35.5. The largest absolute Gasteiger partial charge is 0.453 e. The molecule has 0 radical (unpaired) electrons. The molecule has 0 N–H and O–H groups in total. The maximum absolute atomic E-state index is 13.7. The fourth-order valence-corrected chi connectivity index (χ4v) is 5.53. The van der Waals surface area contributed by atoms with Crippen molar-refractivity contribution in [1.82, 2.24) is 14.2 Å². The number of hydrogen-bond donors (Lipinski definition) is 0. The summed E-state index contributed by atoms with van der Waals surface area (Å²) in [4.78, 5) is 20.8. The summed E-state index contributed by atoms with van der Waals surface area (Å²) in [5.41, 5.74) is 6.20. The summed E-state index contributed by atoms with van der Waals surface area (Å²) in [7, 11) is 0. The average molecular weight is 564 g/mol. The molecule has 0 amide bonds. The minimum Gasteiger partial charge on any atom is -0.453 e. The highest BCUT2D eigenvalue weighted by molar-refractivity contribution is 6.31. The molecule has 206 valence electrons. The van der Waals surface area contributed by atoms with Gasteiger partial charge in [0.1, 0.15) is 5.58 Å². The molecule has 6 rings (SSSR count). The third-order valence-corrected chi connectivity index (χ3v) is 7.71. The second-order valence-corrected chi connectivity index (χ2v) is 10.4. The topological polar surface area (TPSA) is 68.6 Å². The summed E-state index contributed by atoms with van der Waals surface area (Å²) in [6.07, 6.45) is 1.71. The van der Waals surface area contributed by atoms with Crippen molar-refractivity contribution in [2.75, 3.05) is 18.0 Å². The lowest BCUT2D eigenvalue weighted by Crippen LogP contribution is -2.21. The summed E-state index contributed by atoms with van der Waals surface area (Å²) in [6.45, 7) is 10.4. The van der Waals surface area contributed by atoms with Crippen LogP contribution in [0.1, 0.15) is 30.8 Å². The molecule has 0 fully saturated rings. The lowest BCUT2D eigenvalue weighted by molar-refractivity contribution is 0.616. The maximum atomic E-state index is 13.7. The Morgan fingerprint density at radius 2 is 1.73 bits per heavy atom. The molecule has 8 heteroatoms. The number of fused-ring (bicyclic) bond motifs is 2. The van der Waals surface area contributed by atoms with E-state index in [1.807, 2.05) is 30.3 Å². The fraction of sp³-hybridized carbons (Fsp3) is 0.182. The van der Waals surface area contributed by atoms with E-state index < -0.39 is 0 Å². The Morgan fingerprint density at radius 1 is 0.976 bits per heavy atom. The van der Waals surface area contributed by atoms with Crippen LogP contribution in [-0.4, -0.2) is 33.5 Å². The van der Waals surface area contributed by atoms with Gasteiger partial charge >= 0.3 is 0 Å². The van der Waals surface area contributed by atoms with Crippen LogP contribution in [0, 0.1) is 13.8 Å². The van der Waals surface area contributed by atoms with E-state index in [0.29, 0.717) is 33.1 Å². The molecular formula is C33H30ClN5O2. The number of nitrogens with zero attached hydrogens (tertiary/aromatic N) is 5. The van der Waals surface area contributed by atoms with Gasteiger partial charge in [-0.05, 0) is 94.4 Å². The molecule has 0 spiro atoms. The van der Waals surface area contributed by atoms with E-state index in [1.165, 1.54) is 10.4 Å². The summed E-state index contributed by atoms with van der Waals surface area (Å²) >= 11 is 6.19. The zero-order valence-electron chi connectivity index (χ0n) is 23.4.